The van der Waals surface area contributed by atoms with Crippen molar-refractivity contribution in [3.05, 3.63) is 60.7 Å². The summed E-state index contributed by atoms with van der Waals surface area (Å²) < 4.78 is 14.8. The maximum atomic E-state index is 6.30. The van der Waals surface area contributed by atoms with Gasteiger partial charge in [-0.15, -0.1) is 0 Å². The first-order valence-electron chi connectivity index (χ1n) is 8.40. The van der Waals surface area contributed by atoms with Crippen LogP contribution < -0.4 is 5.59 Å². The van der Waals surface area contributed by atoms with E-state index < -0.39 is 0 Å². The Morgan fingerprint density at radius 3 is 2.04 bits per heavy atom. The van der Waals surface area contributed by atoms with Gasteiger partial charge in [-0.25, -0.2) is 0 Å². The maximum Gasteiger partial charge on any atom is 0.512 e. The topological polar surface area (TPSA) is 23.4 Å². The van der Waals surface area contributed by atoms with E-state index in [1.165, 1.54) is 5.39 Å². The van der Waals surface area contributed by atoms with Crippen molar-refractivity contribution in [2.45, 2.75) is 38.9 Å². The van der Waals surface area contributed by atoms with E-state index in [1.807, 2.05) is 6.07 Å². The zero-order chi connectivity index (χ0) is 16.9. The Morgan fingerprint density at radius 2 is 1.38 bits per heavy atom. The Kier molecular flexibility index (Phi) is 3.38. The van der Waals surface area contributed by atoms with Gasteiger partial charge in [0.2, 0.25) is 0 Å². The molecule has 2 aromatic carbocycles. The van der Waals surface area contributed by atoms with Crippen LogP contribution in [0.3, 0.4) is 0 Å². The summed E-state index contributed by atoms with van der Waals surface area (Å²) in [6.07, 6.45) is 0. The van der Waals surface area contributed by atoms with E-state index in [2.05, 4.69) is 86.9 Å². The lowest BCUT2D eigenvalue weighted by Gasteiger charge is -2.32. The van der Waals surface area contributed by atoms with Crippen LogP contribution in [-0.2, 0) is 9.31 Å². The first kappa shape index (κ1) is 15.5. The molecule has 4 heteroatoms. The molecule has 0 aliphatic carbocycles. The highest BCUT2D eigenvalue weighted by atomic mass is 16.7. The molecule has 2 heterocycles. The molecule has 0 atom stereocenters. The number of rotatable bonds is 2. The second kappa shape index (κ2) is 5.23. The number of fused-ring (bicyclic) bond motifs is 1. The summed E-state index contributed by atoms with van der Waals surface area (Å²) in [4.78, 5) is 0. The van der Waals surface area contributed by atoms with Crippen LogP contribution in [-0.4, -0.2) is 22.9 Å². The Bertz CT molecular complexity index is 867. The normalized spacial score (nSPS) is 19.1. The Balaban J connectivity index is 1.91. The SMILES string of the molecule is CC1(C)OB(c2cc3ccccc3n2-c2ccccc2)OC1(C)C. The third-order valence-corrected chi connectivity index (χ3v) is 5.25. The van der Waals surface area contributed by atoms with Crippen molar-refractivity contribution in [1.29, 1.82) is 0 Å². The average Bonchev–Trinajstić information content (AvgIpc) is 3.03. The molecule has 3 nitrogen and oxygen atoms in total. The van der Waals surface area contributed by atoms with Crippen molar-refractivity contribution in [2.75, 3.05) is 0 Å². The zero-order valence-corrected chi connectivity index (χ0v) is 14.6. The summed E-state index contributed by atoms with van der Waals surface area (Å²) in [5, 5.41) is 1.19. The van der Waals surface area contributed by atoms with Gasteiger partial charge in [-0.1, -0.05) is 36.4 Å². The first-order chi connectivity index (χ1) is 11.4. The van der Waals surface area contributed by atoms with Crippen LogP contribution in [0.5, 0.6) is 0 Å². The van der Waals surface area contributed by atoms with Crippen LogP contribution in [0.2, 0.25) is 0 Å². The second-order valence-electron chi connectivity index (χ2n) is 7.39. The molecular weight excluding hydrogens is 297 g/mol. The number of aromatic nitrogens is 1. The van der Waals surface area contributed by atoms with Crippen LogP contribution in [0.1, 0.15) is 27.7 Å². The molecule has 0 radical (unpaired) electrons. The smallest absolute Gasteiger partial charge is 0.398 e. The van der Waals surface area contributed by atoms with Gasteiger partial charge in [0, 0.05) is 5.69 Å². The molecule has 122 valence electrons. The van der Waals surface area contributed by atoms with Gasteiger partial charge in [-0.05, 0) is 57.3 Å². The third kappa shape index (κ3) is 2.29. The first-order valence-corrected chi connectivity index (χ1v) is 8.40. The zero-order valence-electron chi connectivity index (χ0n) is 14.6. The van der Waals surface area contributed by atoms with E-state index in [1.54, 1.807) is 0 Å². The van der Waals surface area contributed by atoms with E-state index in [-0.39, 0.29) is 18.3 Å². The molecule has 4 rings (SSSR count). The quantitative estimate of drug-likeness (QED) is 0.668. The van der Waals surface area contributed by atoms with Crippen LogP contribution in [0.4, 0.5) is 0 Å². The lowest BCUT2D eigenvalue weighted by atomic mass is 9.84. The highest BCUT2D eigenvalue weighted by Gasteiger charge is 2.52. The van der Waals surface area contributed by atoms with Crippen LogP contribution in [0.15, 0.2) is 60.7 Å². The fourth-order valence-electron chi connectivity index (χ4n) is 3.18. The van der Waals surface area contributed by atoms with Gasteiger partial charge in [0.05, 0.1) is 22.3 Å². The number of nitrogens with zero attached hydrogens (tertiary/aromatic N) is 1. The standard InChI is InChI=1S/C20H22BNO2/c1-19(2)20(3,4)24-21(23-19)18-14-15-10-8-9-13-17(15)22(18)16-11-6-5-7-12-16/h5-14H,1-4H3. The molecule has 1 aromatic heterocycles. The van der Waals surface area contributed by atoms with Gasteiger partial charge in [0.15, 0.2) is 0 Å². The van der Waals surface area contributed by atoms with Gasteiger partial charge in [0.25, 0.3) is 0 Å². The summed E-state index contributed by atoms with van der Waals surface area (Å²) in [7, 11) is -0.386. The summed E-state index contributed by atoms with van der Waals surface area (Å²) in [6, 6.07) is 20.9. The van der Waals surface area contributed by atoms with Crippen LogP contribution in [0, 0.1) is 0 Å². The molecule has 1 fully saturated rings. The van der Waals surface area contributed by atoms with Crippen molar-refractivity contribution >= 4 is 23.6 Å². The van der Waals surface area contributed by atoms with Gasteiger partial charge in [0.1, 0.15) is 0 Å². The van der Waals surface area contributed by atoms with E-state index in [9.17, 15) is 0 Å². The Hall–Kier alpha value is -2.04. The lowest BCUT2D eigenvalue weighted by Crippen LogP contribution is -2.41. The molecule has 1 aliphatic rings. The molecule has 0 saturated carbocycles. The van der Waals surface area contributed by atoms with Gasteiger partial charge < -0.3 is 13.9 Å². The van der Waals surface area contributed by atoms with E-state index >= 15 is 0 Å². The fourth-order valence-corrected chi connectivity index (χ4v) is 3.18. The van der Waals surface area contributed by atoms with E-state index in [0.29, 0.717) is 0 Å². The maximum absolute atomic E-state index is 6.30. The van der Waals surface area contributed by atoms with Crippen molar-refractivity contribution in [3.8, 4) is 5.69 Å². The molecular formula is C20H22BNO2. The molecule has 1 aliphatic heterocycles. The number of hydrogen-bond acceptors (Lipinski definition) is 2. The number of benzene rings is 2. The number of hydrogen-bond donors (Lipinski definition) is 0. The monoisotopic (exact) mass is 319 g/mol. The highest BCUT2D eigenvalue weighted by Crippen LogP contribution is 2.37. The van der Waals surface area contributed by atoms with E-state index in [0.717, 1.165) is 16.8 Å². The van der Waals surface area contributed by atoms with Crippen LogP contribution in [0.25, 0.3) is 16.6 Å². The molecule has 3 aromatic rings. The summed E-state index contributed by atoms with van der Waals surface area (Å²) in [5.41, 5.74) is 2.60. The van der Waals surface area contributed by atoms with E-state index in [4.69, 9.17) is 9.31 Å². The minimum Gasteiger partial charge on any atom is -0.398 e. The lowest BCUT2D eigenvalue weighted by molar-refractivity contribution is 0.00578. The molecule has 0 bridgehead atoms. The summed E-state index contributed by atoms with van der Waals surface area (Å²) in [6.45, 7) is 8.34. The largest absolute Gasteiger partial charge is 0.512 e. The number of para-hydroxylation sites is 2. The van der Waals surface area contributed by atoms with Crippen molar-refractivity contribution in [2.24, 2.45) is 0 Å². The van der Waals surface area contributed by atoms with Crippen molar-refractivity contribution in [1.82, 2.24) is 4.57 Å². The predicted octanol–water partition coefficient (Wildman–Crippen LogP) is 3.93. The molecule has 0 unspecified atom stereocenters. The Morgan fingerprint density at radius 1 is 0.792 bits per heavy atom. The van der Waals surface area contributed by atoms with Crippen molar-refractivity contribution < 1.29 is 9.31 Å². The minimum atomic E-state index is -0.386. The average molecular weight is 319 g/mol. The summed E-state index contributed by atoms with van der Waals surface area (Å²) in [5.74, 6) is 0. The molecule has 0 N–H and O–H groups in total. The molecule has 0 spiro atoms. The third-order valence-electron chi connectivity index (χ3n) is 5.25. The minimum absolute atomic E-state index is 0.352. The van der Waals surface area contributed by atoms with Gasteiger partial charge in [-0.3, -0.25) is 0 Å². The van der Waals surface area contributed by atoms with Crippen molar-refractivity contribution in [3.63, 3.8) is 0 Å². The Labute approximate surface area is 143 Å². The predicted molar refractivity (Wildman–Crippen MR) is 99.0 cm³/mol. The highest BCUT2D eigenvalue weighted by molar-refractivity contribution is 6.62. The second-order valence-corrected chi connectivity index (χ2v) is 7.39. The molecule has 0 amide bonds. The molecule has 24 heavy (non-hydrogen) atoms. The summed E-state index contributed by atoms with van der Waals surface area (Å²) >= 11 is 0. The van der Waals surface area contributed by atoms with Gasteiger partial charge >= 0.3 is 7.12 Å². The van der Waals surface area contributed by atoms with Crippen LogP contribution >= 0.6 is 0 Å². The fraction of sp³-hybridized carbons (Fsp3) is 0.300. The van der Waals surface area contributed by atoms with Gasteiger partial charge in [-0.2, -0.15) is 0 Å². The molecule has 1 saturated heterocycles.